The van der Waals surface area contributed by atoms with Crippen molar-refractivity contribution < 1.29 is 23.8 Å². The predicted octanol–water partition coefficient (Wildman–Crippen LogP) is 7.64. The first-order chi connectivity index (χ1) is 19.6. The number of aldehydes is 1. The molecule has 41 heavy (non-hydrogen) atoms. The van der Waals surface area contributed by atoms with Crippen molar-refractivity contribution in [1.29, 1.82) is 0 Å². The molecule has 0 aliphatic heterocycles. The van der Waals surface area contributed by atoms with Gasteiger partial charge in [-0.3, -0.25) is 9.78 Å². The van der Waals surface area contributed by atoms with Gasteiger partial charge in [0.05, 0.1) is 47.8 Å². The maximum atomic E-state index is 12.1. The minimum Gasteiger partial charge on any atom is -0.496 e. The van der Waals surface area contributed by atoms with Crippen LogP contribution in [-0.2, 0) is 11.3 Å². The van der Waals surface area contributed by atoms with E-state index in [1.807, 2.05) is 24.3 Å². The van der Waals surface area contributed by atoms with Crippen LogP contribution in [0.4, 0.5) is 4.79 Å². The highest BCUT2D eigenvalue weighted by Crippen LogP contribution is 2.42. The number of nitrogens with one attached hydrogen (secondary N) is 1. The molecule has 4 rings (SSSR count). The van der Waals surface area contributed by atoms with Crippen molar-refractivity contribution in [3.05, 3.63) is 82.0 Å². The van der Waals surface area contributed by atoms with Crippen LogP contribution in [0.3, 0.4) is 0 Å². The molecule has 1 amide bonds. The molecule has 4 aromatic rings. The van der Waals surface area contributed by atoms with Gasteiger partial charge in [-0.25, -0.2) is 9.78 Å². The Bertz CT molecular complexity index is 1600. The Labute approximate surface area is 248 Å². The summed E-state index contributed by atoms with van der Waals surface area (Å²) >= 11 is 13.8. The van der Waals surface area contributed by atoms with Crippen LogP contribution in [0.15, 0.2) is 60.8 Å². The number of carbonyl (C=O) groups excluding carboxylic acids is 2. The Morgan fingerprint density at radius 1 is 0.951 bits per heavy atom. The van der Waals surface area contributed by atoms with Gasteiger partial charge in [-0.1, -0.05) is 47.5 Å². The zero-order chi connectivity index (χ0) is 29.7. The summed E-state index contributed by atoms with van der Waals surface area (Å²) in [4.78, 5) is 32.5. The van der Waals surface area contributed by atoms with E-state index < -0.39 is 11.7 Å². The number of aromatic nitrogens is 2. The second-order valence-corrected chi connectivity index (χ2v) is 10.7. The molecule has 0 saturated heterocycles. The van der Waals surface area contributed by atoms with E-state index in [-0.39, 0.29) is 6.54 Å². The fourth-order valence-electron chi connectivity index (χ4n) is 4.16. The number of benzene rings is 2. The monoisotopic (exact) mass is 593 g/mol. The average Bonchev–Trinajstić information content (AvgIpc) is 2.95. The van der Waals surface area contributed by atoms with Crippen LogP contribution >= 0.6 is 23.2 Å². The van der Waals surface area contributed by atoms with Gasteiger partial charge in [-0.15, -0.1) is 0 Å². The van der Waals surface area contributed by atoms with Crippen molar-refractivity contribution in [2.75, 3.05) is 14.2 Å². The van der Waals surface area contributed by atoms with E-state index in [0.717, 1.165) is 6.29 Å². The fraction of sp³-hybridized carbons (Fsp3) is 0.226. The number of rotatable bonds is 8. The maximum absolute atomic E-state index is 12.1. The number of alkyl carbamates (subject to hydrolysis) is 1. The lowest BCUT2D eigenvalue weighted by atomic mass is 9.99. The Morgan fingerprint density at radius 2 is 1.68 bits per heavy atom. The van der Waals surface area contributed by atoms with E-state index in [1.165, 1.54) is 14.2 Å². The summed E-state index contributed by atoms with van der Waals surface area (Å²) in [5.74, 6) is 0.766. The third-order valence-electron chi connectivity index (χ3n) is 6.04. The SMILES string of the molecule is COc1cc(-c2nccc(-c3cccc(-c4ccc(CNC(=O)OC(C)(C)C)c(OC)n4)c3Cl)c2Cl)ccc1C=O. The molecular formula is C31H29Cl2N3O5. The van der Waals surface area contributed by atoms with E-state index in [2.05, 4.69) is 15.3 Å². The Balaban J connectivity index is 1.68. The molecule has 10 heteroatoms. The molecule has 0 aliphatic carbocycles. The maximum Gasteiger partial charge on any atom is 0.407 e. The molecule has 0 unspecified atom stereocenters. The van der Waals surface area contributed by atoms with Gasteiger partial charge in [0.2, 0.25) is 5.88 Å². The molecule has 2 heterocycles. The number of carbonyl (C=O) groups is 2. The lowest BCUT2D eigenvalue weighted by Gasteiger charge is -2.20. The fourth-order valence-corrected chi connectivity index (χ4v) is 4.81. The number of pyridine rings is 2. The molecule has 2 aromatic heterocycles. The van der Waals surface area contributed by atoms with E-state index in [0.29, 0.717) is 66.4 Å². The molecule has 0 saturated carbocycles. The van der Waals surface area contributed by atoms with Crippen LogP contribution in [0.25, 0.3) is 33.6 Å². The summed E-state index contributed by atoms with van der Waals surface area (Å²) in [6.07, 6.45) is 1.84. The minimum absolute atomic E-state index is 0.174. The molecule has 0 atom stereocenters. The van der Waals surface area contributed by atoms with E-state index in [9.17, 15) is 9.59 Å². The molecule has 1 N–H and O–H groups in total. The smallest absolute Gasteiger partial charge is 0.407 e. The second-order valence-electron chi connectivity index (χ2n) is 9.98. The van der Waals surface area contributed by atoms with Crippen LogP contribution in [0.2, 0.25) is 10.0 Å². The molecule has 0 spiro atoms. The van der Waals surface area contributed by atoms with Crippen molar-refractivity contribution in [3.8, 4) is 45.3 Å². The van der Waals surface area contributed by atoms with Gasteiger partial charge in [0.15, 0.2) is 6.29 Å². The average molecular weight is 594 g/mol. The van der Waals surface area contributed by atoms with Crippen molar-refractivity contribution >= 4 is 35.6 Å². The molecule has 0 radical (unpaired) electrons. The van der Waals surface area contributed by atoms with Crippen LogP contribution in [-0.4, -0.2) is 42.2 Å². The summed E-state index contributed by atoms with van der Waals surface area (Å²) in [6.45, 7) is 5.56. The predicted molar refractivity (Wildman–Crippen MR) is 160 cm³/mol. The van der Waals surface area contributed by atoms with Gasteiger partial charge in [-0.2, -0.15) is 0 Å². The first kappa shape index (κ1) is 29.8. The van der Waals surface area contributed by atoms with Gasteiger partial charge < -0.3 is 19.5 Å². The molecule has 212 valence electrons. The number of methoxy groups -OCH3 is 2. The summed E-state index contributed by atoms with van der Waals surface area (Å²) in [6, 6.07) is 16.1. The van der Waals surface area contributed by atoms with E-state index >= 15 is 0 Å². The second kappa shape index (κ2) is 12.6. The highest BCUT2D eigenvalue weighted by atomic mass is 35.5. The number of nitrogens with zero attached hydrogens (tertiary/aromatic N) is 2. The largest absolute Gasteiger partial charge is 0.496 e. The summed E-state index contributed by atoms with van der Waals surface area (Å²) in [7, 11) is 3.01. The molecule has 8 nitrogen and oxygen atoms in total. The summed E-state index contributed by atoms with van der Waals surface area (Å²) < 4.78 is 16.2. The summed E-state index contributed by atoms with van der Waals surface area (Å²) in [5, 5.41) is 3.55. The normalized spacial score (nSPS) is 11.1. The number of hydrogen-bond acceptors (Lipinski definition) is 7. The first-order valence-corrected chi connectivity index (χ1v) is 13.4. The highest BCUT2D eigenvalue weighted by Gasteiger charge is 2.20. The first-order valence-electron chi connectivity index (χ1n) is 12.6. The third-order valence-corrected chi connectivity index (χ3v) is 6.83. The quantitative estimate of drug-likeness (QED) is 0.209. The molecule has 2 aromatic carbocycles. The van der Waals surface area contributed by atoms with Crippen LogP contribution in [0, 0.1) is 0 Å². The van der Waals surface area contributed by atoms with Gasteiger partial charge in [0, 0.05) is 34.0 Å². The molecule has 0 aliphatic rings. The van der Waals surface area contributed by atoms with E-state index in [4.69, 9.17) is 37.4 Å². The molecule has 0 bridgehead atoms. The van der Waals surface area contributed by atoms with E-state index in [1.54, 1.807) is 57.3 Å². The summed E-state index contributed by atoms with van der Waals surface area (Å²) in [5.41, 5.74) is 4.30. The Kier molecular flexibility index (Phi) is 9.15. The Hall–Kier alpha value is -4.14. The van der Waals surface area contributed by atoms with Crippen molar-refractivity contribution in [1.82, 2.24) is 15.3 Å². The number of ether oxygens (including phenoxy) is 3. The zero-order valence-corrected chi connectivity index (χ0v) is 24.8. The topological polar surface area (TPSA) is 99.6 Å². The standard InChI is InChI=1S/C31H29Cl2N3O5/c1-31(2,3)41-30(38)35-16-19-11-12-24(36-29(19)40-5)23-8-6-7-21(26(23)32)22-13-14-34-28(27(22)33)18-9-10-20(17-37)25(15-18)39-4/h6-15,17H,16H2,1-5H3,(H,35,38). The van der Waals surface area contributed by atoms with Gasteiger partial charge in [-0.05, 0) is 51.1 Å². The van der Waals surface area contributed by atoms with Gasteiger partial charge in [0.1, 0.15) is 11.4 Å². The van der Waals surface area contributed by atoms with Crippen LogP contribution < -0.4 is 14.8 Å². The van der Waals surface area contributed by atoms with Gasteiger partial charge >= 0.3 is 6.09 Å². The Morgan fingerprint density at radius 3 is 2.37 bits per heavy atom. The van der Waals surface area contributed by atoms with Gasteiger partial charge in [0.25, 0.3) is 0 Å². The number of amides is 1. The third kappa shape index (κ3) is 6.78. The lowest BCUT2D eigenvalue weighted by Crippen LogP contribution is -2.32. The number of hydrogen-bond donors (Lipinski definition) is 1. The lowest BCUT2D eigenvalue weighted by molar-refractivity contribution is 0.0523. The van der Waals surface area contributed by atoms with Crippen molar-refractivity contribution in [3.63, 3.8) is 0 Å². The minimum atomic E-state index is -0.607. The number of halogens is 2. The molecular weight excluding hydrogens is 565 g/mol. The zero-order valence-electron chi connectivity index (χ0n) is 23.2. The van der Waals surface area contributed by atoms with Crippen molar-refractivity contribution in [2.45, 2.75) is 32.9 Å². The highest BCUT2D eigenvalue weighted by molar-refractivity contribution is 6.39. The van der Waals surface area contributed by atoms with Crippen LogP contribution in [0.1, 0.15) is 36.7 Å². The van der Waals surface area contributed by atoms with Crippen LogP contribution in [0.5, 0.6) is 11.6 Å². The molecule has 0 fully saturated rings. The van der Waals surface area contributed by atoms with Crippen molar-refractivity contribution in [2.24, 2.45) is 0 Å².